The topological polar surface area (TPSA) is 113 Å². The fourth-order valence-electron chi connectivity index (χ4n) is 4.55. The van der Waals surface area contributed by atoms with Gasteiger partial charge in [-0.1, -0.05) is 60.7 Å². The van der Waals surface area contributed by atoms with E-state index < -0.39 is 23.2 Å². The van der Waals surface area contributed by atoms with Crippen LogP contribution >= 0.6 is 11.9 Å². The highest BCUT2D eigenvalue weighted by atomic mass is 32.2. The third kappa shape index (κ3) is 4.73. The first-order valence-corrected chi connectivity index (χ1v) is 12.2. The zero-order valence-electron chi connectivity index (χ0n) is 18.9. The van der Waals surface area contributed by atoms with Crippen molar-refractivity contribution < 1.29 is 9.59 Å². The SMILES string of the molecule is NC(Cc1ccccc1)C(=O)N(C(=O)SNc1ccccc1)C1Cc2cccc3[nH]c(=O)n(c23)C1. The van der Waals surface area contributed by atoms with Gasteiger partial charge in [0.1, 0.15) is 0 Å². The molecular formula is C26H25N5O3S. The van der Waals surface area contributed by atoms with Crippen molar-refractivity contribution in [1.29, 1.82) is 0 Å². The van der Waals surface area contributed by atoms with E-state index in [-0.39, 0.29) is 12.2 Å². The summed E-state index contributed by atoms with van der Waals surface area (Å²) < 4.78 is 4.61. The molecule has 1 aromatic heterocycles. The molecule has 3 aromatic carbocycles. The quantitative estimate of drug-likeness (QED) is 0.359. The minimum atomic E-state index is -0.904. The highest BCUT2D eigenvalue weighted by Gasteiger charge is 2.37. The van der Waals surface area contributed by atoms with Crippen LogP contribution in [-0.4, -0.2) is 37.7 Å². The van der Waals surface area contributed by atoms with Gasteiger partial charge in [0.15, 0.2) is 0 Å². The maximum atomic E-state index is 13.6. The van der Waals surface area contributed by atoms with Gasteiger partial charge in [-0.05, 0) is 42.2 Å². The van der Waals surface area contributed by atoms with E-state index in [1.165, 1.54) is 4.90 Å². The summed E-state index contributed by atoms with van der Waals surface area (Å²) in [6.45, 7) is 0.206. The number of imidazole rings is 1. The van der Waals surface area contributed by atoms with Crippen molar-refractivity contribution in [3.8, 4) is 0 Å². The Morgan fingerprint density at radius 2 is 1.77 bits per heavy atom. The molecule has 0 fully saturated rings. The van der Waals surface area contributed by atoms with Crippen molar-refractivity contribution in [2.45, 2.75) is 31.5 Å². The highest BCUT2D eigenvalue weighted by Crippen LogP contribution is 2.27. The van der Waals surface area contributed by atoms with E-state index in [0.29, 0.717) is 12.8 Å². The molecule has 0 radical (unpaired) electrons. The van der Waals surface area contributed by atoms with Crippen LogP contribution in [0.3, 0.4) is 0 Å². The maximum absolute atomic E-state index is 13.6. The number of para-hydroxylation sites is 2. The molecule has 4 aromatic rings. The molecule has 4 N–H and O–H groups in total. The average molecular weight is 488 g/mol. The van der Waals surface area contributed by atoms with E-state index in [1.54, 1.807) is 4.57 Å². The van der Waals surface area contributed by atoms with Gasteiger partial charge in [0.05, 0.1) is 23.1 Å². The van der Waals surface area contributed by atoms with E-state index in [9.17, 15) is 14.4 Å². The van der Waals surface area contributed by atoms with Crippen LogP contribution in [0, 0.1) is 0 Å². The van der Waals surface area contributed by atoms with Crippen LogP contribution in [0.4, 0.5) is 10.5 Å². The number of aromatic amines is 1. The molecule has 2 atom stereocenters. The Morgan fingerprint density at radius 1 is 1.06 bits per heavy atom. The monoisotopic (exact) mass is 487 g/mol. The minimum Gasteiger partial charge on any atom is -0.322 e. The lowest BCUT2D eigenvalue weighted by atomic mass is 9.98. The average Bonchev–Trinajstić information content (AvgIpc) is 3.20. The molecule has 1 aliphatic heterocycles. The number of carbonyl (C=O) groups is 2. The second kappa shape index (κ2) is 9.81. The summed E-state index contributed by atoms with van der Waals surface area (Å²) in [7, 11) is 0. The zero-order valence-corrected chi connectivity index (χ0v) is 19.7. The highest BCUT2D eigenvalue weighted by molar-refractivity contribution is 8.14. The lowest BCUT2D eigenvalue weighted by Gasteiger charge is -2.34. The lowest BCUT2D eigenvalue weighted by Crippen LogP contribution is -2.54. The van der Waals surface area contributed by atoms with Crippen LogP contribution < -0.4 is 16.1 Å². The Morgan fingerprint density at radius 3 is 2.51 bits per heavy atom. The Kier molecular flexibility index (Phi) is 6.43. The van der Waals surface area contributed by atoms with Gasteiger partial charge in [-0.2, -0.15) is 0 Å². The van der Waals surface area contributed by atoms with Gasteiger partial charge in [-0.3, -0.25) is 19.1 Å². The first kappa shape index (κ1) is 22.9. The number of hydrogen-bond acceptors (Lipinski definition) is 6. The second-order valence-corrected chi connectivity index (χ2v) is 9.31. The molecule has 1 aliphatic rings. The molecule has 0 saturated carbocycles. The number of imide groups is 1. The summed E-state index contributed by atoms with van der Waals surface area (Å²) in [5, 5.41) is -0.466. The van der Waals surface area contributed by atoms with Gasteiger partial charge in [-0.25, -0.2) is 4.79 Å². The molecule has 2 heterocycles. The van der Waals surface area contributed by atoms with Crippen molar-refractivity contribution in [1.82, 2.24) is 14.5 Å². The van der Waals surface area contributed by atoms with Crippen LogP contribution in [0.1, 0.15) is 11.1 Å². The number of benzene rings is 3. The van der Waals surface area contributed by atoms with Crippen molar-refractivity contribution >= 4 is 39.8 Å². The number of anilines is 1. The third-order valence-corrected chi connectivity index (χ3v) is 6.88. The van der Waals surface area contributed by atoms with Gasteiger partial charge >= 0.3 is 10.9 Å². The van der Waals surface area contributed by atoms with E-state index in [0.717, 1.165) is 39.8 Å². The summed E-state index contributed by atoms with van der Waals surface area (Å²) in [5.74, 6) is -0.467. The number of carbonyl (C=O) groups excluding carboxylic acids is 2. The fourth-order valence-corrected chi connectivity index (χ4v) is 5.23. The number of nitrogens with zero attached hydrogens (tertiary/aromatic N) is 2. The van der Waals surface area contributed by atoms with Gasteiger partial charge in [0.25, 0.3) is 0 Å². The summed E-state index contributed by atoms with van der Waals surface area (Å²) in [6, 6.07) is 22.9. The molecule has 35 heavy (non-hydrogen) atoms. The minimum absolute atomic E-state index is 0.206. The molecule has 9 heteroatoms. The van der Waals surface area contributed by atoms with E-state index in [2.05, 4.69) is 9.71 Å². The number of amides is 2. The van der Waals surface area contributed by atoms with E-state index in [1.807, 2.05) is 78.9 Å². The second-order valence-electron chi connectivity index (χ2n) is 8.55. The van der Waals surface area contributed by atoms with Crippen LogP contribution in [0.25, 0.3) is 11.0 Å². The first-order valence-electron chi connectivity index (χ1n) is 11.4. The summed E-state index contributed by atoms with van der Waals surface area (Å²) in [4.78, 5) is 43.8. The molecule has 178 valence electrons. The first-order chi connectivity index (χ1) is 17.0. The fraction of sp³-hybridized carbons (Fsp3) is 0.192. The van der Waals surface area contributed by atoms with Crippen LogP contribution in [0.5, 0.6) is 0 Å². The smallest absolute Gasteiger partial charge is 0.322 e. The van der Waals surface area contributed by atoms with Gasteiger partial charge in [0, 0.05) is 24.2 Å². The summed E-state index contributed by atoms with van der Waals surface area (Å²) in [5.41, 5.74) is 10.2. The van der Waals surface area contributed by atoms with E-state index >= 15 is 0 Å². The molecule has 0 spiro atoms. The van der Waals surface area contributed by atoms with Crippen molar-refractivity contribution in [2.24, 2.45) is 5.73 Å². The van der Waals surface area contributed by atoms with Crippen molar-refractivity contribution in [3.05, 3.63) is 100 Å². The van der Waals surface area contributed by atoms with Gasteiger partial charge < -0.3 is 15.4 Å². The van der Waals surface area contributed by atoms with Crippen molar-refractivity contribution in [2.75, 3.05) is 4.72 Å². The molecule has 0 saturated heterocycles. The molecule has 5 rings (SSSR count). The zero-order chi connectivity index (χ0) is 24.4. The van der Waals surface area contributed by atoms with Crippen LogP contribution in [-0.2, 0) is 24.2 Å². The predicted octanol–water partition coefficient (Wildman–Crippen LogP) is 3.53. The number of rotatable bonds is 6. The Hall–Kier alpha value is -3.82. The number of nitrogens with two attached hydrogens (primary N) is 1. The number of aromatic nitrogens is 2. The largest absolute Gasteiger partial charge is 0.326 e. The number of nitrogens with one attached hydrogen (secondary N) is 2. The standard InChI is InChI=1S/C26H25N5O3S/c27-21(14-17-8-3-1-4-9-17)24(32)31(26(34)35-29-19-11-5-2-6-12-19)20-15-18-10-7-13-22-23(18)30(16-20)25(33)28-22/h1-13,20-21,29H,14-16,27H2,(H,28,33). The molecule has 8 nitrogen and oxygen atoms in total. The number of hydrogen-bond donors (Lipinski definition) is 3. The molecule has 0 aliphatic carbocycles. The maximum Gasteiger partial charge on any atom is 0.326 e. The van der Waals surface area contributed by atoms with Crippen LogP contribution in [0.2, 0.25) is 0 Å². The summed E-state index contributed by atoms with van der Waals surface area (Å²) >= 11 is 0.829. The van der Waals surface area contributed by atoms with Gasteiger partial charge in [0.2, 0.25) is 5.91 Å². The Balaban J connectivity index is 1.43. The molecule has 0 bridgehead atoms. The Labute approximate surface area is 206 Å². The van der Waals surface area contributed by atoms with Crippen LogP contribution in [0.15, 0.2) is 83.7 Å². The van der Waals surface area contributed by atoms with E-state index in [4.69, 9.17) is 5.73 Å². The van der Waals surface area contributed by atoms with Crippen molar-refractivity contribution in [3.63, 3.8) is 0 Å². The molecular weight excluding hydrogens is 462 g/mol. The van der Waals surface area contributed by atoms with Gasteiger partial charge in [-0.15, -0.1) is 0 Å². The Bertz CT molecular complexity index is 1420. The predicted molar refractivity (Wildman–Crippen MR) is 138 cm³/mol. The number of H-pyrrole nitrogens is 1. The summed E-state index contributed by atoms with van der Waals surface area (Å²) in [6.07, 6.45) is 0.744. The third-order valence-electron chi connectivity index (χ3n) is 6.17. The lowest BCUT2D eigenvalue weighted by molar-refractivity contribution is -0.131. The molecule has 2 unspecified atom stereocenters. The molecule has 2 amide bonds. The normalized spacial score (nSPS) is 15.5.